The quantitative estimate of drug-likeness (QED) is 0.479. The molecule has 0 amide bonds. The van der Waals surface area contributed by atoms with Crippen LogP contribution in [0, 0.1) is 18.3 Å². The molecule has 0 aromatic rings. The van der Waals surface area contributed by atoms with Crippen molar-refractivity contribution in [2.45, 2.75) is 19.4 Å². The first-order valence-electron chi connectivity index (χ1n) is 3.16. The molecule has 1 heteroatoms. The van der Waals surface area contributed by atoms with Crippen molar-refractivity contribution in [3.63, 3.8) is 0 Å². The summed E-state index contributed by atoms with van der Waals surface area (Å²) in [4.78, 5) is 0. The fourth-order valence-electron chi connectivity index (χ4n) is 0.946. The molecule has 2 atom stereocenters. The Kier molecular flexibility index (Phi) is 1.79. The second-order valence-electron chi connectivity index (χ2n) is 2.12. The number of ether oxygens (including phenoxy) is 1. The summed E-state index contributed by atoms with van der Waals surface area (Å²) < 4.78 is 5.09. The third kappa shape index (κ3) is 1.08. The van der Waals surface area contributed by atoms with Gasteiger partial charge in [-0.25, -0.2) is 0 Å². The molecule has 0 radical (unpaired) electrons. The molecule has 0 aromatic heterocycles. The fraction of sp³-hybridized carbons (Fsp3) is 0.500. The first kappa shape index (κ1) is 6.22. The van der Waals surface area contributed by atoms with Crippen LogP contribution in [0.2, 0.25) is 0 Å². The minimum atomic E-state index is -0.00463. The van der Waals surface area contributed by atoms with E-state index in [0.29, 0.717) is 5.92 Å². The van der Waals surface area contributed by atoms with Gasteiger partial charge in [0, 0.05) is 5.92 Å². The van der Waals surface area contributed by atoms with Gasteiger partial charge in [-0.3, -0.25) is 0 Å². The van der Waals surface area contributed by atoms with E-state index in [-0.39, 0.29) is 6.10 Å². The molecule has 0 N–H and O–H groups in total. The molecular weight excluding hydrogens is 112 g/mol. The third-order valence-corrected chi connectivity index (χ3v) is 1.58. The highest BCUT2D eigenvalue weighted by atomic mass is 16.5. The number of hydrogen-bond donors (Lipinski definition) is 0. The van der Waals surface area contributed by atoms with Gasteiger partial charge in [0.25, 0.3) is 0 Å². The molecule has 2 unspecified atom stereocenters. The van der Waals surface area contributed by atoms with Crippen LogP contribution in [0.25, 0.3) is 0 Å². The maximum Gasteiger partial charge on any atom is 0.164 e. The van der Waals surface area contributed by atoms with E-state index in [4.69, 9.17) is 11.2 Å². The molecule has 0 spiro atoms. The summed E-state index contributed by atoms with van der Waals surface area (Å²) in [6.07, 6.45) is 9.95. The number of hydrogen-bond acceptors (Lipinski definition) is 1. The maximum absolute atomic E-state index is 5.18. The van der Waals surface area contributed by atoms with E-state index in [0.717, 1.165) is 6.42 Å². The van der Waals surface area contributed by atoms with Crippen LogP contribution >= 0.6 is 0 Å². The van der Waals surface area contributed by atoms with E-state index < -0.39 is 0 Å². The largest absolute Gasteiger partial charge is 0.485 e. The number of rotatable bonds is 1. The molecule has 0 aromatic carbocycles. The van der Waals surface area contributed by atoms with E-state index in [1.165, 1.54) is 0 Å². The summed E-state index contributed by atoms with van der Waals surface area (Å²) in [6.45, 7) is 2.11. The molecule has 1 aliphatic heterocycles. The summed E-state index contributed by atoms with van der Waals surface area (Å²) in [6, 6.07) is 0. The summed E-state index contributed by atoms with van der Waals surface area (Å²) in [7, 11) is 0. The van der Waals surface area contributed by atoms with Crippen molar-refractivity contribution in [2.24, 2.45) is 5.92 Å². The van der Waals surface area contributed by atoms with E-state index in [1.807, 2.05) is 6.08 Å². The van der Waals surface area contributed by atoms with E-state index >= 15 is 0 Å². The Labute approximate surface area is 55.7 Å². The molecule has 0 saturated heterocycles. The zero-order chi connectivity index (χ0) is 6.69. The van der Waals surface area contributed by atoms with Crippen molar-refractivity contribution >= 4 is 0 Å². The van der Waals surface area contributed by atoms with Gasteiger partial charge in [0.15, 0.2) is 6.10 Å². The highest BCUT2D eigenvalue weighted by Crippen LogP contribution is 2.19. The summed E-state index contributed by atoms with van der Waals surface area (Å²) in [5.41, 5.74) is 0. The molecular formula is C8H10O. The predicted octanol–water partition coefficient (Wildman–Crippen LogP) is 1.56. The van der Waals surface area contributed by atoms with Gasteiger partial charge in [-0.1, -0.05) is 12.8 Å². The first-order valence-corrected chi connectivity index (χ1v) is 3.16. The Morgan fingerprint density at radius 1 is 1.78 bits per heavy atom. The van der Waals surface area contributed by atoms with Gasteiger partial charge < -0.3 is 4.74 Å². The first-order chi connectivity index (χ1) is 4.38. The zero-order valence-electron chi connectivity index (χ0n) is 5.50. The molecule has 9 heavy (non-hydrogen) atoms. The van der Waals surface area contributed by atoms with Crippen LogP contribution in [0.4, 0.5) is 0 Å². The Balaban J connectivity index is 2.52. The van der Waals surface area contributed by atoms with Gasteiger partial charge in [0.05, 0.1) is 6.26 Å². The molecule has 48 valence electrons. The van der Waals surface area contributed by atoms with Crippen LogP contribution in [0.5, 0.6) is 0 Å². The zero-order valence-corrected chi connectivity index (χ0v) is 5.50. The maximum atomic E-state index is 5.18. The van der Waals surface area contributed by atoms with Crippen molar-refractivity contribution in [3.8, 4) is 12.3 Å². The van der Waals surface area contributed by atoms with Gasteiger partial charge in [-0.15, -0.1) is 6.42 Å². The van der Waals surface area contributed by atoms with Crippen molar-refractivity contribution in [1.29, 1.82) is 0 Å². The third-order valence-electron chi connectivity index (χ3n) is 1.58. The summed E-state index contributed by atoms with van der Waals surface area (Å²) in [5, 5.41) is 0. The summed E-state index contributed by atoms with van der Waals surface area (Å²) in [5.74, 6) is 3.02. The lowest BCUT2D eigenvalue weighted by Gasteiger charge is -2.08. The Morgan fingerprint density at radius 3 is 3.00 bits per heavy atom. The molecule has 1 rings (SSSR count). The summed E-state index contributed by atoms with van der Waals surface area (Å²) >= 11 is 0. The lowest BCUT2D eigenvalue weighted by molar-refractivity contribution is 0.185. The molecule has 1 nitrogen and oxygen atoms in total. The highest BCUT2D eigenvalue weighted by Gasteiger charge is 2.19. The van der Waals surface area contributed by atoms with Crippen LogP contribution in [-0.4, -0.2) is 6.10 Å². The van der Waals surface area contributed by atoms with Gasteiger partial charge in [-0.05, 0) is 12.5 Å². The van der Waals surface area contributed by atoms with Crippen LogP contribution in [-0.2, 0) is 4.74 Å². The number of terminal acetylenes is 1. The van der Waals surface area contributed by atoms with E-state index in [1.54, 1.807) is 6.26 Å². The minimum Gasteiger partial charge on any atom is -0.485 e. The molecule has 0 fully saturated rings. The molecule has 0 bridgehead atoms. The predicted molar refractivity (Wildman–Crippen MR) is 36.6 cm³/mol. The van der Waals surface area contributed by atoms with Crippen molar-refractivity contribution in [2.75, 3.05) is 0 Å². The fourth-order valence-corrected chi connectivity index (χ4v) is 0.946. The Morgan fingerprint density at radius 2 is 2.56 bits per heavy atom. The standard InChI is InChI=1S/C8H10O/c1-3-7-5-6-9-8(7)4-2/h2,5-8H,3H2,1H3. The minimum absolute atomic E-state index is 0.00463. The topological polar surface area (TPSA) is 9.23 Å². The van der Waals surface area contributed by atoms with Crippen LogP contribution < -0.4 is 0 Å². The van der Waals surface area contributed by atoms with Gasteiger partial charge >= 0.3 is 0 Å². The van der Waals surface area contributed by atoms with E-state index in [9.17, 15) is 0 Å². The van der Waals surface area contributed by atoms with Gasteiger partial charge in [0.1, 0.15) is 0 Å². The smallest absolute Gasteiger partial charge is 0.164 e. The SMILES string of the molecule is C#CC1OC=CC1CC. The molecule has 1 aliphatic rings. The molecule has 0 aliphatic carbocycles. The second kappa shape index (κ2) is 2.59. The van der Waals surface area contributed by atoms with Crippen LogP contribution in [0.3, 0.4) is 0 Å². The van der Waals surface area contributed by atoms with Gasteiger partial charge in [0.2, 0.25) is 0 Å². The Hall–Kier alpha value is -0.900. The highest BCUT2D eigenvalue weighted by molar-refractivity contribution is 5.08. The van der Waals surface area contributed by atoms with Crippen molar-refractivity contribution in [1.82, 2.24) is 0 Å². The second-order valence-corrected chi connectivity index (χ2v) is 2.12. The van der Waals surface area contributed by atoms with Crippen molar-refractivity contribution in [3.05, 3.63) is 12.3 Å². The monoisotopic (exact) mass is 122 g/mol. The average molecular weight is 122 g/mol. The lowest BCUT2D eigenvalue weighted by Crippen LogP contribution is -2.12. The van der Waals surface area contributed by atoms with Crippen molar-refractivity contribution < 1.29 is 4.74 Å². The molecule has 0 saturated carbocycles. The average Bonchev–Trinajstić information content (AvgIpc) is 2.33. The molecule has 1 heterocycles. The van der Waals surface area contributed by atoms with E-state index in [2.05, 4.69) is 12.8 Å². The normalized spacial score (nSPS) is 31.6. The van der Waals surface area contributed by atoms with Crippen LogP contribution in [0.15, 0.2) is 12.3 Å². The lowest BCUT2D eigenvalue weighted by atomic mass is 10.0. The Bertz CT molecular complexity index is 152. The van der Waals surface area contributed by atoms with Gasteiger partial charge in [-0.2, -0.15) is 0 Å². The van der Waals surface area contributed by atoms with Crippen LogP contribution in [0.1, 0.15) is 13.3 Å².